The van der Waals surface area contributed by atoms with E-state index in [0.29, 0.717) is 47.3 Å². The van der Waals surface area contributed by atoms with Crippen molar-refractivity contribution in [3.63, 3.8) is 0 Å². The Balaban J connectivity index is 1.49. The molecule has 1 aliphatic carbocycles. The molecule has 4 aromatic rings. The highest BCUT2D eigenvalue weighted by Crippen LogP contribution is 2.36. The number of methoxy groups -OCH3 is 2. The number of rotatable bonds is 11. The number of aryl methyl sites for hydroxylation is 1. The van der Waals surface area contributed by atoms with Crippen LogP contribution in [0, 0.1) is 6.92 Å². The number of fused-ring (bicyclic) bond motifs is 1. The average Bonchev–Trinajstić information content (AvgIpc) is 3.64. The normalized spacial score (nSPS) is 14.1. The van der Waals surface area contributed by atoms with E-state index in [1.165, 1.54) is 20.8 Å². The molecule has 42 heavy (non-hydrogen) atoms. The molecule has 0 bridgehead atoms. The Morgan fingerprint density at radius 3 is 2.43 bits per heavy atom. The third-order valence-electron chi connectivity index (χ3n) is 7.81. The molecule has 5 rings (SSSR count). The first-order chi connectivity index (χ1) is 20.2. The monoisotopic (exact) mass is 595 g/mol. The number of benzene rings is 2. The summed E-state index contributed by atoms with van der Waals surface area (Å²) in [7, 11) is 0.785. The van der Waals surface area contributed by atoms with E-state index in [1.54, 1.807) is 40.3 Å². The second kappa shape index (κ2) is 12.1. The standard InChI is InChI=1S/C30H37N5O6S/c1-6-41-24-14-12-22(42(37,38)34(3)16-15-20-11-13-25(39-4)26(17-20)40-5)18-23(24)28-32-29-27(21-9-7-8-10-21)31-19(2)35(29)30(36)33-28/h11-14,17-18,21H,6-10,15-16H2,1-5H3,(H,32,33,36). The zero-order valence-corrected chi connectivity index (χ0v) is 25.5. The zero-order valence-electron chi connectivity index (χ0n) is 24.6. The Hall–Kier alpha value is -3.90. The molecule has 1 aliphatic rings. The summed E-state index contributed by atoms with van der Waals surface area (Å²) in [5.41, 5.74) is 2.23. The minimum absolute atomic E-state index is 0.0685. The lowest BCUT2D eigenvalue weighted by Gasteiger charge is -2.19. The van der Waals surface area contributed by atoms with Gasteiger partial charge in [0.1, 0.15) is 17.4 Å². The van der Waals surface area contributed by atoms with Crippen LogP contribution in [0.2, 0.25) is 0 Å². The highest BCUT2D eigenvalue weighted by Gasteiger charge is 2.27. The third kappa shape index (κ3) is 5.60. The fraction of sp³-hybridized carbons (Fsp3) is 0.433. The Kier molecular flexibility index (Phi) is 8.55. The molecule has 2 aromatic carbocycles. The van der Waals surface area contributed by atoms with Crippen molar-refractivity contribution in [1.29, 1.82) is 0 Å². The molecule has 0 unspecified atom stereocenters. The number of ether oxygens (including phenoxy) is 3. The van der Waals surface area contributed by atoms with Crippen molar-refractivity contribution in [3.8, 4) is 28.6 Å². The first-order valence-corrected chi connectivity index (χ1v) is 15.6. The summed E-state index contributed by atoms with van der Waals surface area (Å²) in [6, 6.07) is 10.2. The van der Waals surface area contributed by atoms with E-state index in [4.69, 9.17) is 24.2 Å². The molecule has 2 heterocycles. The minimum atomic E-state index is -3.89. The van der Waals surface area contributed by atoms with Crippen molar-refractivity contribution in [2.75, 3.05) is 34.4 Å². The molecule has 1 saturated carbocycles. The van der Waals surface area contributed by atoms with Gasteiger partial charge in [0, 0.05) is 19.5 Å². The van der Waals surface area contributed by atoms with Gasteiger partial charge >= 0.3 is 5.69 Å². The molecule has 0 spiro atoms. The number of nitrogens with one attached hydrogen (secondary N) is 1. The van der Waals surface area contributed by atoms with Gasteiger partial charge in [-0.15, -0.1) is 0 Å². The maximum Gasteiger partial charge on any atom is 0.334 e. The quantitative estimate of drug-likeness (QED) is 0.271. The molecule has 0 amide bonds. The van der Waals surface area contributed by atoms with Crippen LogP contribution in [0.5, 0.6) is 17.2 Å². The Bertz CT molecular complexity index is 1760. The SMILES string of the molecule is CCOc1ccc(S(=O)(=O)N(C)CCc2ccc(OC)c(OC)c2)cc1-c1nc2c(C3CCCC3)nc(C)n2c(=O)[nH]1. The van der Waals surface area contributed by atoms with Gasteiger partial charge in [-0.3, -0.25) is 4.98 Å². The van der Waals surface area contributed by atoms with Gasteiger partial charge in [-0.2, -0.15) is 0 Å². The molecular weight excluding hydrogens is 558 g/mol. The number of aromatic nitrogens is 4. The van der Waals surface area contributed by atoms with E-state index in [-0.39, 0.29) is 28.9 Å². The molecule has 12 heteroatoms. The van der Waals surface area contributed by atoms with E-state index in [9.17, 15) is 13.2 Å². The van der Waals surface area contributed by atoms with Crippen LogP contribution in [0.1, 0.15) is 55.6 Å². The van der Waals surface area contributed by atoms with Gasteiger partial charge in [0.25, 0.3) is 0 Å². The highest BCUT2D eigenvalue weighted by molar-refractivity contribution is 7.89. The van der Waals surface area contributed by atoms with Crippen LogP contribution in [0.4, 0.5) is 0 Å². The molecule has 11 nitrogen and oxygen atoms in total. The summed E-state index contributed by atoms with van der Waals surface area (Å²) in [5.74, 6) is 2.67. The molecule has 1 fully saturated rings. The second-order valence-corrected chi connectivity index (χ2v) is 12.5. The van der Waals surface area contributed by atoms with Crippen LogP contribution in [0.3, 0.4) is 0 Å². The Morgan fingerprint density at radius 1 is 1.02 bits per heavy atom. The smallest absolute Gasteiger partial charge is 0.334 e. The van der Waals surface area contributed by atoms with Gasteiger partial charge in [-0.05, 0) is 69.0 Å². The number of nitrogens with zero attached hydrogens (tertiary/aromatic N) is 4. The van der Waals surface area contributed by atoms with Gasteiger partial charge in [0.05, 0.1) is 37.0 Å². The fourth-order valence-electron chi connectivity index (χ4n) is 5.54. The average molecular weight is 596 g/mol. The van der Waals surface area contributed by atoms with Crippen molar-refractivity contribution in [3.05, 3.63) is 64.0 Å². The largest absolute Gasteiger partial charge is 0.493 e. The first kappa shape index (κ1) is 29.6. The topological polar surface area (TPSA) is 128 Å². The van der Waals surface area contributed by atoms with E-state index in [0.717, 1.165) is 36.9 Å². The second-order valence-electron chi connectivity index (χ2n) is 10.4. The summed E-state index contributed by atoms with van der Waals surface area (Å²) in [6.07, 6.45) is 4.71. The number of aromatic amines is 1. The Morgan fingerprint density at radius 2 is 1.74 bits per heavy atom. The summed E-state index contributed by atoms with van der Waals surface area (Å²) < 4.78 is 46.6. The van der Waals surface area contributed by atoms with Crippen molar-refractivity contribution in [2.45, 2.75) is 56.8 Å². The lowest BCUT2D eigenvalue weighted by molar-refractivity contribution is 0.341. The van der Waals surface area contributed by atoms with Crippen LogP contribution in [-0.4, -0.2) is 66.5 Å². The summed E-state index contributed by atoms with van der Waals surface area (Å²) in [6.45, 7) is 4.23. The predicted octanol–water partition coefficient (Wildman–Crippen LogP) is 4.33. The molecule has 0 saturated heterocycles. The van der Waals surface area contributed by atoms with Crippen LogP contribution in [0.15, 0.2) is 46.1 Å². The number of H-pyrrole nitrogens is 1. The van der Waals surface area contributed by atoms with Gasteiger partial charge in [-0.1, -0.05) is 18.9 Å². The van der Waals surface area contributed by atoms with Gasteiger partial charge < -0.3 is 14.2 Å². The van der Waals surface area contributed by atoms with Crippen LogP contribution < -0.4 is 19.9 Å². The van der Waals surface area contributed by atoms with Gasteiger partial charge in [-0.25, -0.2) is 31.9 Å². The van der Waals surface area contributed by atoms with E-state index >= 15 is 0 Å². The maximum absolute atomic E-state index is 13.7. The lowest BCUT2D eigenvalue weighted by Crippen LogP contribution is -2.29. The van der Waals surface area contributed by atoms with E-state index < -0.39 is 10.0 Å². The number of likely N-dealkylation sites (N-methyl/N-ethyl adjacent to an activating group) is 1. The molecular formula is C30H37N5O6S. The predicted molar refractivity (Wildman–Crippen MR) is 159 cm³/mol. The maximum atomic E-state index is 13.7. The summed E-state index contributed by atoms with van der Waals surface area (Å²) in [4.78, 5) is 25.7. The van der Waals surface area contributed by atoms with Crippen molar-refractivity contribution >= 4 is 15.7 Å². The third-order valence-corrected chi connectivity index (χ3v) is 9.67. The van der Waals surface area contributed by atoms with Crippen molar-refractivity contribution < 1.29 is 22.6 Å². The first-order valence-electron chi connectivity index (χ1n) is 14.1. The summed E-state index contributed by atoms with van der Waals surface area (Å²) >= 11 is 0. The van der Waals surface area contributed by atoms with Crippen LogP contribution in [-0.2, 0) is 16.4 Å². The van der Waals surface area contributed by atoms with Gasteiger partial charge in [0.15, 0.2) is 17.1 Å². The Labute approximate surface area is 245 Å². The summed E-state index contributed by atoms with van der Waals surface area (Å²) in [5, 5.41) is 0. The van der Waals surface area contributed by atoms with Crippen LogP contribution >= 0.6 is 0 Å². The minimum Gasteiger partial charge on any atom is -0.493 e. The molecule has 0 atom stereocenters. The van der Waals surface area contributed by atoms with E-state index in [1.807, 2.05) is 19.1 Å². The fourth-order valence-corrected chi connectivity index (χ4v) is 6.74. The number of imidazole rings is 1. The number of hydrogen-bond acceptors (Lipinski definition) is 8. The molecule has 224 valence electrons. The lowest BCUT2D eigenvalue weighted by atomic mass is 10.0. The zero-order chi connectivity index (χ0) is 30.0. The molecule has 2 aromatic heterocycles. The van der Waals surface area contributed by atoms with E-state index in [2.05, 4.69) is 4.98 Å². The molecule has 1 N–H and O–H groups in total. The van der Waals surface area contributed by atoms with Gasteiger partial charge in [0.2, 0.25) is 10.0 Å². The molecule has 0 aliphatic heterocycles. The molecule has 0 radical (unpaired) electrons. The highest BCUT2D eigenvalue weighted by atomic mass is 32.2. The van der Waals surface area contributed by atoms with Crippen molar-refractivity contribution in [2.24, 2.45) is 0 Å². The number of hydrogen-bond donors (Lipinski definition) is 1. The number of sulfonamides is 1. The van der Waals surface area contributed by atoms with Crippen molar-refractivity contribution in [1.82, 2.24) is 23.7 Å². The van der Waals surface area contributed by atoms with Crippen LogP contribution in [0.25, 0.3) is 17.0 Å².